The molecule has 0 aromatic carbocycles. The molecule has 16 heavy (non-hydrogen) atoms. The summed E-state index contributed by atoms with van der Waals surface area (Å²) in [6.07, 6.45) is 1.55. The summed E-state index contributed by atoms with van der Waals surface area (Å²) in [6, 6.07) is 0.337. The first-order valence-electron chi connectivity index (χ1n) is 4.82. The van der Waals surface area contributed by atoms with Crippen molar-refractivity contribution in [2.24, 2.45) is 0 Å². The Morgan fingerprint density at radius 2 is 1.94 bits per heavy atom. The Bertz CT molecular complexity index is 262. The first kappa shape index (κ1) is 19.0. The van der Waals surface area contributed by atoms with Gasteiger partial charge in [0.2, 0.25) is 0 Å². The predicted octanol–water partition coefficient (Wildman–Crippen LogP) is -4.50. The molecule has 0 aliphatic carbocycles. The molecular weight excluding hydrogens is 245 g/mol. The average molecular weight is 263 g/mol. The fourth-order valence-corrected chi connectivity index (χ4v) is 2.44. The molecule has 1 atom stereocenters. The van der Waals surface area contributed by atoms with Crippen molar-refractivity contribution in [3.8, 4) is 0 Å². The van der Waals surface area contributed by atoms with E-state index in [-0.39, 0.29) is 37.1 Å². The topological polar surface area (TPSA) is 110 Å². The number of hydrogen-bond donors (Lipinski definition) is 3. The molecule has 0 fully saturated rings. The predicted molar refractivity (Wildman–Crippen MR) is 57.7 cm³/mol. The minimum atomic E-state index is -4.15. The molecule has 0 heterocycles. The van der Waals surface area contributed by atoms with Gasteiger partial charge in [-0.2, -0.15) is 0 Å². The minimum Gasteiger partial charge on any atom is -0.748 e. The van der Waals surface area contributed by atoms with Gasteiger partial charge in [0.1, 0.15) is 0 Å². The molecule has 6 nitrogen and oxygen atoms in total. The van der Waals surface area contributed by atoms with E-state index in [4.69, 9.17) is 9.59 Å². The maximum Gasteiger partial charge on any atom is 1.00 e. The Balaban J connectivity index is 0. The number of nitrogens with one attached hydrogen (secondary N) is 1. The Labute approximate surface area is 110 Å². The molecule has 0 bridgehead atoms. The van der Waals surface area contributed by atoms with Crippen molar-refractivity contribution in [3.63, 3.8) is 0 Å². The maximum absolute atomic E-state index is 10.4. The molecular formula is C7H18LiNO5SSi. The Morgan fingerprint density at radius 3 is 2.31 bits per heavy atom. The van der Waals surface area contributed by atoms with E-state index in [9.17, 15) is 13.0 Å². The monoisotopic (exact) mass is 263 g/mol. The molecule has 0 aromatic heterocycles. The zero-order chi connectivity index (χ0) is 11.9. The van der Waals surface area contributed by atoms with Crippen molar-refractivity contribution in [2.75, 3.05) is 12.8 Å². The van der Waals surface area contributed by atoms with E-state index in [1.165, 1.54) is 0 Å². The van der Waals surface area contributed by atoms with Crippen molar-refractivity contribution in [1.29, 1.82) is 0 Å². The Hall–Kier alpha value is 0.604. The second-order valence-electron chi connectivity index (χ2n) is 3.45. The van der Waals surface area contributed by atoms with E-state index in [2.05, 4.69) is 5.32 Å². The summed E-state index contributed by atoms with van der Waals surface area (Å²) in [5.74, 6) is -0.377. The molecule has 0 radical (unpaired) electrons. The van der Waals surface area contributed by atoms with Crippen LogP contribution in [0.5, 0.6) is 0 Å². The third-order valence-electron chi connectivity index (χ3n) is 2.14. The van der Waals surface area contributed by atoms with Crippen molar-refractivity contribution in [2.45, 2.75) is 31.3 Å². The fraction of sp³-hybridized carbons (Fsp3) is 1.00. The van der Waals surface area contributed by atoms with Crippen LogP contribution in [0, 0.1) is 0 Å². The Kier molecular flexibility index (Phi) is 11.4. The second-order valence-corrected chi connectivity index (χ2v) is 6.51. The van der Waals surface area contributed by atoms with E-state index in [0.717, 1.165) is 0 Å². The molecule has 0 saturated carbocycles. The van der Waals surface area contributed by atoms with Crippen LogP contribution < -0.4 is 24.2 Å². The number of hydrogen-bond acceptors (Lipinski definition) is 6. The molecule has 0 saturated heterocycles. The van der Waals surface area contributed by atoms with Crippen LogP contribution >= 0.6 is 0 Å². The smallest absolute Gasteiger partial charge is 0.748 e. The summed E-state index contributed by atoms with van der Waals surface area (Å²) >= 11 is 0. The quantitative estimate of drug-likeness (QED) is 0.301. The molecule has 0 spiro atoms. The first-order valence-corrected chi connectivity index (χ1v) is 8.25. The van der Waals surface area contributed by atoms with Crippen LogP contribution in [-0.4, -0.2) is 50.7 Å². The molecule has 92 valence electrons. The van der Waals surface area contributed by atoms with E-state index >= 15 is 0 Å². The van der Waals surface area contributed by atoms with Crippen LogP contribution in [0.1, 0.15) is 19.3 Å². The maximum atomic E-state index is 10.4. The average Bonchev–Trinajstić information content (AvgIpc) is 2.08. The van der Waals surface area contributed by atoms with Crippen LogP contribution in [0.25, 0.3) is 0 Å². The third kappa shape index (κ3) is 12.7. The molecule has 1 unspecified atom stereocenters. The second kappa shape index (κ2) is 9.62. The third-order valence-corrected chi connectivity index (χ3v) is 3.80. The molecule has 0 amide bonds. The molecule has 0 aliphatic heterocycles. The summed E-state index contributed by atoms with van der Waals surface area (Å²) in [5.41, 5.74) is 0. The summed E-state index contributed by atoms with van der Waals surface area (Å²) in [7, 11) is -4.96. The van der Waals surface area contributed by atoms with Gasteiger partial charge < -0.3 is 19.5 Å². The van der Waals surface area contributed by atoms with Gasteiger partial charge in [0.05, 0.1) is 10.1 Å². The summed E-state index contributed by atoms with van der Waals surface area (Å²) in [4.78, 5) is 17.5. The molecule has 0 aliphatic rings. The SMILES string of the molecule is CNC(CCC[SiH](O)O)CCS(=O)(=O)[O-].[Li+]. The molecule has 0 aromatic rings. The van der Waals surface area contributed by atoms with Gasteiger partial charge in [0.15, 0.2) is 0 Å². The molecule has 0 rings (SSSR count). The molecule has 9 heteroatoms. The van der Waals surface area contributed by atoms with Gasteiger partial charge in [-0.1, -0.05) is 6.42 Å². The van der Waals surface area contributed by atoms with Crippen LogP contribution in [0.3, 0.4) is 0 Å². The van der Waals surface area contributed by atoms with Gasteiger partial charge in [-0.3, -0.25) is 0 Å². The normalized spacial score (nSPS) is 13.6. The van der Waals surface area contributed by atoms with E-state index in [1.807, 2.05) is 0 Å². The van der Waals surface area contributed by atoms with Crippen LogP contribution in [0.4, 0.5) is 0 Å². The van der Waals surface area contributed by atoms with Gasteiger partial charge in [0.25, 0.3) is 0 Å². The van der Waals surface area contributed by atoms with Crippen molar-refractivity contribution < 1.29 is 41.4 Å². The minimum absolute atomic E-state index is 0. The summed E-state index contributed by atoms with van der Waals surface area (Å²) in [5, 5.41) is 2.90. The Morgan fingerprint density at radius 1 is 1.38 bits per heavy atom. The van der Waals surface area contributed by atoms with Crippen LogP contribution in [0.2, 0.25) is 6.04 Å². The number of rotatable bonds is 8. The fourth-order valence-electron chi connectivity index (χ4n) is 1.27. The van der Waals surface area contributed by atoms with E-state index < -0.39 is 19.4 Å². The van der Waals surface area contributed by atoms with Gasteiger partial charge >= 0.3 is 28.1 Å². The zero-order valence-electron chi connectivity index (χ0n) is 9.72. The van der Waals surface area contributed by atoms with Gasteiger partial charge in [0, 0.05) is 11.8 Å². The van der Waals surface area contributed by atoms with Gasteiger partial charge in [-0.15, -0.1) is 0 Å². The van der Waals surface area contributed by atoms with Crippen molar-refractivity contribution in [3.05, 3.63) is 0 Å². The van der Waals surface area contributed by atoms with Crippen molar-refractivity contribution in [1.82, 2.24) is 5.32 Å². The van der Waals surface area contributed by atoms with Crippen molar-refractivity contribution >= 4 is 19.4 Å². The zero-order valence-corrected chi connectivity index (χ0v) is 11.7. The van der Waals surface area contributed by atoms with Crippen LogP contribution in [-0.2, 0) is 10.1 Å². The standard InChI is InChI=1S/C7H19NO5SSi.Li/c1-8-7(3-2-6-15(12)13)4-5-14(9,10)11;/h7-8,12-13,15H,2-6H2,1H3,(H,9,10,11);/q;+1/p-1. The van der Waals surface area contributed by atoms with Crippen LogP contribution in [0.15, 0.2) is 0 Å². The van der Waals surface area contributed by atoms with E-state index in [1.54, 1.807) is 7.05 Å². The van der Waals surface area contributed by atoms with E-state index in [0.29, 0.717) is 18.9 Å². The van der Waals surface area contributed by atoms with Gasteiger partial charge in [-0.25, -0.2) is 8.42 Å². The summed E-state index contributed by atoms with van der Waals surface area (Å²) in [6.45, 7) is 0. The summed E-state index contributed by atoms with van der Waals surface area (Å²) < 4.78 is 31.1. The largest absolute Gasteiger partial charge is 1.00 e. The first-order chi connectivity index (χ1) is 6.85. The molecule has 3 N–H and O–H groups in total. The van der Waals surface area contributed by atoms with Gasteiger partial charge in [-0.05, 0) is 25.9 Å².